The number of carbonyl (C=O) groups excluding carboxylic acids is 1. The van der Waals surface area contributed by atoms with E-state index >= 15 is 0 Å². The summed E-state index contributed by atoms with van der Waals surface area (Å²) in [5.41, 5.74) is -3.42. The van der Waals surface area contributed by atoms with Gasteiger partial charge in [0.15, 0.2) is 0 Å². The van der Waals surface area contributed by atoms with Gasteiger partial charge in [-0.15, -0.1) is 0 Å². The van der Waals surface area contributed by atoms with Crippen molar-refractivity contribution in [2.45, 2.75) is 50.0 Å². The molecule has 10 heteroatoms. The van der Waals surface area contributed by atoms with Crippen LogP contribution in [0.3, 0.4) is 0 Å². The van der Waals surface area contributed by atoms with Crippen molar-refractivity contribution < 1.29 is 31.1 Å². The summed E-state index contributed by atoms with van der Waals surface area (Å²) in [5.74, 6) is -0.183. The highest BCUT2D eigenvalue weighted by atomic mass is 19.4. The Hall–Kier alpha value is -3.04. The first-order valence-electron chi connectivity index (χ1n) is 9.97. The predicted octanol–water partition coefficient (Wildman–Crippen LogP) is 5.00. The number of aromatic nitrogens is 1. The lowest BCUT2D eigenvalue weighted by Crippen LogP contribution is -2.24. The maximum absolute atomic E-state index is 13.8. The second-order valence-electron chi connectivity index (χ2n) is 7.98. The molecule has 0 radical (unpaired) electrons. The van der Waals surface area contributed by atoms with Crippen LogP contribution in [-0.4, -0.2) is 16.9 Å². The predicted molar refractivity (Wildman–Crippen MR) is 104 cm³/mol. The molecule has 1 aliphatic carbocycles. The van der Waals surface area contributed by atoms with Crippen LogP contribution in [0.5, 0.6) is 0 Å². The third-order valence-corrected chi connectivity index (χ3v) is 5.59. The Bertz CT molecular complexity index is 1140. The molecular weight excluding hydrogens is 438 g/mol. The van der Waals surface area contributed by atoms with Gasteiger partial charge in [0, 0.05) is 29.3 Å². The van der Waals surface area contributed by atoms with E-state index < -0.39 is 40.6 Å². The monoisotopic (exact) mass is 456 g/mol. The molecule has 0 bridgehead atoms. The number of hydrogen-bond acceptors (Lipinski definition) is 2. The minimum Gasteiger partial charge on any atom is -0.350 e. The zero-order chi connectivity index (χ0) is 23.3. The van der Waals surface area contributed by atoms with Gasteiger partial charge in [-0.05, 0) is 48.9 Å². The average molecular weight is 456 g/mol. The van der Waals surface area contributed by atoms with Gasteiger partial charge in [0.2, 0.25) is 5.91 Å². The first-order chi connectivity index (χ1) is 14.9. The summed E-state index contributed by atoms with van der Waals surface area (Å²) in [4.78, 5) is 26.6. The molecule has 1 aromatic heterocycles. The van der Waals surface area contributed by atoms with Crippen LogP contribution < -0.4 is 10.9 Å². The third-order valence-electron chi connectivity index (χ3n) is 5.59. The molecule has 1 aromatic carbocycles. The van der Waals surface area contributed by atoms with E-state index in [1.165, 1.54) is 18.2 Å². The molecule has 1 unspecified atom stereocenters. The molecule has 170 valence electrons. The maximum atomic E-state index is 13.8. The summed E-state index contributed by atoms with van der Waals surface area (Å²) in [6.07, 6.45) is -6.51. The molecule has 2 N–H and O–H groups in total. The fourth-order valence-corrected chi connectivity index (χ4v) is 3.84. The molecular formula is C22H18F6N2O2. The van der Waals surface area contributed by atoms with E-state index in [-0.39, 0.29) is 35.6 Å². The minimum absolute atomic E-state index is 0.0332. The lowest BCUT2D eigenvalue weighted by molar-refractivity contribution is -0.143. The number of amides is 1. The molecule has 1 amide bonds. The Kier molecular flexibility index (Phi) is 5.42. The molecule has 2 fully saturated rings. The number of nitrogens with one attached hydrogen (secondary N) is 2. The summed E-state index contributed by atoms with van der Waals surface area (Å²) in [7, 11) is 0. The van der Waals surface area contributed by atoms with Crippen molar-refractivity contribution >= 4 is 11.5 Å². The van der Waals surface area contributed by atoms with Crippen LogP contribution in [0.15, 0.2) is 41.2 Å². The fraction of sp³-hybridized carbons (Fsp3) is 0.364. The van der Waals surface area contributed by atoms with E-state index in [1.807, 2.05) is 0 Å². The molecule has 1 saturated carbocycles. The first kappa shape index (κ1) is 22.2. The molecule has 1 saturated heterocycles. The molecule has 2 aliphatic rings. The zero-order valence-electron chi connectivity index (χ0n) is 16.5. The number of aromatic amines is 1. The van der Waals surface area contributed by atoms with Crippen molar-refractivity contribution in [3.05, 3.63) is 74.7 Å². The van der Waals surface area contributed by atoms with Gasteiger partial charge in [0.1, 0.15) is 0 Å². The Labute approximate surface area is 178 Å². The third kappa shape index (κ3) is 4.58. The van der Waals surface area contributed by atoms with Gasteiger partial charge >= 0.3 is 12.4 Å². The van der Waals surface area contributed by atoms with Crippen LogP contribution in [0.2, 0.25) is 0 Å². The number of rotatable bonds is 4. The van der Waals surface area contributed by atoms with Crippen molar-refractivity contribution in [3.63, 3.8) is 0 Å². The summed E-state index contributed by atoms with van der Waals surface area (Å²) < 4.78 is 80.6. The smallest absolute Gasteiger partial charge is 0.350 e. The van der Waals surface area contributed by atoms with Crippen LogP contribution >= 0.6 is 0 Å². The summed E-state index contributed by atoms with van der Waals surface area (Å²) in [5, 5.41) is 2.60. The summed E-state index contributed by atoms with van der Waals surface area (Å²) in [6.45, 7) is 0. The van der Waals surface area contributed by atoms with Crippen LogP contribution in [-0.2, 0) is 17.1 Å². The lowest BCUT2D eigenvalue weighted by atomic mass is 9.92. The van der Waals surface area contributed by atoms with E-state index in [4.69, 9.17) is 0 Å². The lowest BCUT2D eigenvalue weighted by Gasteiger charge is -2.19. The van der Waals surface area contributed by atoms with E-state index in [1.54, 1.807) is 0 Å². The van der Waals surface area contributed by atoms with Gasteiger partial charge in [0.05, 0.1) is 11.1 Å². The van der Waals surface area contributed by atoms with Crippen LogP contribution in [0.1, 0.15) is 59.5 Å². The van der Waals surface area contributed by atoms with Crippen molar-refractivity contribution in [3.8, 4) is 0 Å². The Balaban J connectivity index is 1.89. The van der Waals surface area contributed by atoms with Crippen LogP contribution in [0.25, 0.3) is 5.57 Å². The second-order valence-corrected chi connectivity index (χ2v) is 7.98. The molecule has 1 aliphatic heterocycles. The number of carbonyl (C=O) groups is 1. The standard InChI is InChI=1S/C22H18F6N2O2/c23-21(24,25)12-3-5-15(17(9-12)22(26,27)28)16(10-13-4-8-19(31)29-13)18-7-6-14(11-1-2-11)20(32)30-18/h3,5-7,9-11,13H,1-2,4,8H2,(H,29,31)(H,30,32)/b16-10-. The van der Waals surface area contributed by atoms with Crippen molar-refractivity contribution in [1.29, 1.82) is 0 Å². The minimum atomic E-state index is -5.08. The van der Waals surface area contributed by atoms with Gasteiger partial charge in [0.25, 0.3) is 5.56 Å². The number of halogens is 6. The van der Waals surface area contributed by atoms with Gasteiger partial charge in [-0.1, -0.05) is 18.2 Å². The Morgan fingerprint density at radius 3 is 2.19 bits per heavy atom. The highest BCUT2D eigenvalue weighted by Gasteiger charge is 2.39. The number of benzene rings is 1. The fourth-order valence-electron chi connectivity index (χ4n) is 3.84. The first-order valence-corrected chi connectivity index (χ1v) is 9.97. The van der Waals surface area contributed by atoms with Gasteiger partial charge in [-0.2, -0.15) is 26.3 Å². The number of pyridine rings is 1. The molecule has 0 spiro atoms. The summed E-state index contributed by atoms with van der Waals surface area (Å²) in [6, 6.07) is 3.75. The SMILES string of the molecule is O=C1CCC(/C=C(\c2ccc(C3CC3)c(=O)[nH]2)c2ccc(C(F)(F)F)cc2C(F)(F)F)N1. The molecule has 2 heterocycles. The van der Waals surface area contributed by atoms with Crippen molar-refractivity contribution in [2.75, 3.05) is 0 Å². The summed E-state index contributed by atoms with van der Waals surface area (Å²) >= 11 is 0. The Morgan fingerprint density at radius 2 is 1.66 bits per heavy atom. The number of H-pyrrole nitrogens is 1. The quantitative estimate of drug-likeness (QED) is 0.637. The topological polar surface area (TPSA) is 62.0 Å². The second kappa shape index (κ2) is 7.83. The van der Waals surface area contributed by atoms with E-state index in [0.29, 0.717) is 18.1 Å². The zero-order valence-corrected chi connectivity index (χ0v) is 16.5. The van der Waals surface area contributed by atoms with E-state index in [2.05, 4.69) is 10.3 Å². The van der Waals surface area contributed by atoms with Gasteiger partial charge in [-0.3, -0.25) is 9.59 Å². The molecule has 32 heavy (non-hydrogen) atoms. The Morgan fingerprint density at radius 1 is 0.938 bits per heavy atom. The number of hydrogen-bond donors (Lipinski definition) is 2. The van der Waals surface area contributed by atoms with Gasteiger partial charge < -0.3 is 10.3 Å². The van der Waals surface area contributed by atoms with Gasteiger partial charge in [-0.25, -0.2) is 0 Å². The van der Waals surface area contributed by atoms with Crippen LogP contribution in [0.4, 0.5) is 26.3 Å². The van der Waals surface area contributed by atoms with Crippen LogP contribution in [0, 0.1) is 0 Å². The van der Waals surface area contributed by atoms with E-state index in [9.17, 15) is 35.9 Å². The average Bonchev–Trinajstić information content (AvgIpc) is 3.45. The largest absolute Gasteiger partial charge is 0.417 e. The molecule has 2 aromatic rings. The van der Waals surface area contributed by atoms with E-state index in [0.717, 1.165) is 18.9 Å². The number of alkyl halides is 6. The molecule has 1 atom stereocenters. The molecule has 4 nitrogen and oxygen atoms in total. The maximum Gasteiger partial charge on any atom is 0.417 e. The van der Waals surface area contributed by atoms with Crippen molar-refractivity contribution in [1.82, 2.24) is 10.3 Å². The highest BCUT2D eigenvalue weighted by Crippen LogP contribution is 2.41. The van der Waals surface area contributed by atoms with Crippen molar-refractivity contribution in [2.24, 2.45) is 0 Å². The highest BCUT2D eigenvalue weighted by molar-refractivity contribution is 5.83. The normalized spacial score (nSPS) is 19.9. The molecule has 4 rings (SSSR count).